The summed E-state index contributed by atoms with van der Waals surface area (Å²) in [6, 6.07) is 9.31. The lowest BCUT2D eigenvalue weighted by Gasteiger charge is -2.16. The second-order valence-electron chi connectivity index (χ2n) is 5.45. The molecule has 0 saturated carbocycles. The third kappa shape index (κ3) is 3.63. The molecule has 0 unspecified atom stereocenters. The van der Waals surface area contributed by atoms with Gasteiger partial charge in [0.2, 0.25) is 0 Å². The number of nitrogens with zero attached hydrogens (tertiary/aromatic N) is 2. The van der Waals surface area contributed by atoms with Gasteiger partial charge >= 0.3 is 0 Å². The minimum atomic E-state index is 0.352. The van der Waals surface area contributed by atoms with E-state index >= 15 is 0 Å². The van der Waals surface area contributed by atoms with Gasteiger partial charge in [-0.15, -0.1) is 11.3 Å². The van der Waals surface area contributed by atoms with Gasteiger partial charge in [-0.25, -0.2) is 9.97 Å². The first-order valence-corrected chi connectivity index (χ1v) is 9.09. The molecule has 8 heteroatoms. The van der Waals surface area contributed by atoms with E-state index in [4.69, 9.17) is 21.7 Å². The molecule has 134 valence electrons. The highest BCUT2D eigenvalue weighted by Crippen LogP contribution is 2.33. The van der Waals surface area contributed by atoms with Crippen LogP contribution in [0.15, 0.2) is 35.7 Å². The molecule has 0 atom stereocenters. The van der Waals surface area contributed by atoms with Crippen LogP contribution in [-0.4, -0.2) is 29.8 Å². The van der Waals surface area contributed by atoms with Crippen molar-refractivity contribution in [3.63, 3.8) is 0 Å². The van der Waals surface area contributed by atoms with Crippen LogP contribution in [0.25, 0.3) is 10.7 Å². The van der Waals surface area contributed by atoms with Crippen molar-refractivity contribution >= 4 is 45.8 Å². The van der Waals surface area contributed by atoms with Crippen molar-refractivity contribution < 1.29 is 4.74 Å². The van der Waals surface area contributed by atoms with Crippen LogP contribution in [0.5, 0.6) is 5.75 Å². The van der Waals surface area contributed by atoms with E-state index in [9.17, 15) is 0 Å². The summed E-state index contributed by atoms with van der Waals surface area (Å²) in [5.74, 6) is 1.75. The van der Waals surface area contributed by atoms with Gasteiger partial charge in [0.1, 0.15) is 17.1 Å². The second kappa shape index (κ2) is 7.72. The Bertz CT molecular complexity index is 943. The number of nitrogens with one attached hydrogen (secondary N) is 3. The van der Waals surface area contributed by atoms with Crippen molar-refractivity contribution in [3.8, 4) is 16.5 Å². The summed E-state index contributed by atoms with van der Waals surface area (Å²) in [5.41, 5.74) is 2.32. The zero-order chi connectivity index (χ0) is 18.7. The fraction of sp³-hybridized carbons (Fsp3) is 0.167. The molecule has 0 aliphatic heterocycles. The lowest BCUT2D eigenvalue weighted by Crippen LogP contribution is -2.10. The van der Waals surface area contributed by atoms with E-state index in [2.05, 4.69) is 20.6 Å². The van der Waals surface area contributed by atoms with Crippen LogP contribution < -0.4 is 15.4 Å². The molecule has 2 heterocycles. The molecule has 0 fully saturated rings. The van der Waals surface area contributed by atoms with Gasteiger partial charge in [-0.3, -0.25) is 0 Å². The lowest BCUT2D eigenvalue weighted by atomic mass is 10.2. The van der Waals surface area contributed by atoms with Crippen LogP contribution in [0, 0.1) is 5.41 Å². The van der Waals surface area contributed by atoms with Crippen LogP contribution in [0.2, 0.25) is 5.02 Å². The molecule has 0 spiro atoms. The molecule has 3 aromatic rings. The van der Waals surface area contributed by atoms with Crippen LogP contribution in [-0.2, 0) is 0 Å². The molecule has 0 aliphatic rings. The maximum absolute atomic E-state index is 8.07. The number of rotatable bonds is 6. The minimum Gasteiger partial charge on any atom is -0.495 e. The maximum atomic E-state index is 8.07. The number of hydrogen-bond acceptors (Lipinski definition) is 7. The van der Waals surface area contributed by atoms with Crippen molar-refractivity contribution in [1.82, 2.24) is 9.97 Å². The first kappa shape index (κ1) is 18.2. The van der Waals surface area contributed by atoms with Crippen LogP contribution in [0.4, 0.5) is 17.2 Å². The smallest absolute Gasteiger partial charge is 0.172 e. The molecule has 2 aromatic heterocycles. The van der Waals surface area contributed by atoms with E-state index in [0.717, 1.165) is 10.6 Å². The van der Waals surface area contributed by atoms with Gasteiger partial charge in [-0.05, 0) is 36.6 Å². The molecular formula is C18H18ClN5OS. The molecule has 0 aliphatic carbocycles. The fourth-order valence-electron chi connectivity index (χ4n) is 2.46. The van der Waals surface area contributed by atoms with Gasteiger partial charge in [0, 0.05) is 12.7 Å². The molecular weight excluding hydrogens is 370 g/mol. The summed E-state index contributed by atoms with van der Waals surface area (Å²) < 4.78 is 5.19. The molecule has 3 rings (SSSR count). The van der Waals surface area contributed by atoms with Crippen molar-refractivity contribution in [3.05, 3.63) is 46.4 Å². The highest BCUT2D eigenvalue weighted by Gasteiger charge is 2.17. The first-order chi connectivity index (χ1) is 12.5. The highest BCUT2D eigenvalue weighted by molar-refractivity contribution is 7.13. The summed E-state index contributed by atoms with van der Waals surface area (Å²) in [4.78, 5) is 10.1. The Morgan fingerprint density at radius 2 is 2.08 bits per heavy atom. The molecule has 1 aromatic carbocycles. The number of halogens is 1. The first-order valence-electron chi connectivity index (χ1n) is 7.83. The van der Waals surface area contributed by atoms with Gasteiger partial charge in [0.25, 0.3) is 0 Å². The second-order valence-corrected chi connectivity index (χ2v) is 6.80. The van der Waals surface area contributed by atoms with E-state index in [0.29, 0.717) is 39.5 Å². The number of aromatic nitrogens is 2. The summed E-state index contributed by atoms with van der Waals surface area (Å²) in [5, 5.41) is 16.9. The Hall–Kier alpha value is -2.64. The van der Waals surface area contributed by atoms with Gasteiger partial charge in [0.15, 0.2) is 11.6 Å². The van der Waals surface area contributed by atoms with Crippen molar-refractivity contribution in [2.24, 2.45) is 0 Å². The Balaban J connectivity index is 2.09. The molecule has 0 radical (unpaired) electrons. The van der Waals surface area contributed by atoms with Gasteiger partial charge < -0.3 is 20.8 Å². The number of anilines is 3. The van der Waals surface area contributed by atoms with Crippen LogP contribution in [0.1, 0.15) is 12.6 Å². The van der Waals surface area contributed by atoms with Gasteiger partial charge in [-0.2, -0.15) is 0 Å². The van der Waals surface area contributed by atoms with Gasteiger partial charge in [0.05, 0.1) is 22.7 Å². The summed E-state index contributed by atoms with van der Waals surface area (Å²) in [6.45, 7) is 1.70. The van der Waals surface area contributed by atoms with E-state index in [1.54, 1.807) is 44.6 Å². The lowest BCUT2D eigenvalue weighted by molar-refractivity contribution is 0.415. The third-order valence-corrected chi connectivity index (χ3v) is 4.83. The molecule has 0 amide bonds. The summed E-state index contributed by atoms with van der Waals surface area (Å²) >= 11 is 7.77. The number of hydrogen-bond donors (Lipinski definition) is 3. The zero-order valence-corrected chi connectivity index (χ0v) is 16.1. The maximum Gasteiger partial charge on any atom is 0.172 e. The minimum absolute atomic E-state index is 0.352. The normalized spacial score (nSPS) is 10.5. The standard InChI is InChI=1S/C18H18ClN5OS/c1-10(20)15-16(21-2)18(24-17(23-15)14-5-4-8-26-14)22-11-6-7-13(25-3)12(19)9-11/h4-9,20-21H,1-3H3,(H,22,23,24). The molecule has 3 N–H and O–H groups in total. The van der Waals surface area contributed by atoms with E-state index < -0.39 is 0 Å². The van der Waals surface area contributed by atoms with E-state index in [1.807, 2.05) is 23.6 Å². The van der Waals surface area contributed by atoms with Crippen LogP contribution >= 0.6 is 22.9 Å². The Labute approximate surface area is 160 Å². The van der Waals surface area contributed by atoms with E-state index in [1.165, 1.54) is 0 Å². The third-order valence-electron chi connectivity index (χ3n) is 3.67. The predicted molar refractivity (Wildman–Crippen MR) is 109 cm³/mol. The van der Waals surface area contributed by atoms with Crippen molar-refractivity contribution in [2.75, 3.05) is 24.8 Å². The Morgan fingerprint density at radius 3 is 2.65 bits per heavy atom. The molecule has 0 saturated heterocycles. The molecule has 6 nitrogen and oxygen atoms in total. The predicted octanol–water partition coefficient (Wildman–Crippen LogP) is 5.04. The number of benzene rings is 1. The highest BCUT2D eigenvalue weighted by atomic mass is 35.5. The van der Waals surface area contributed by atoms with E-state index in [-0.39, 0.29) is 0 Å². The SMILES string of the molecule is CNc1c(Nc2ccc(OC)c(Cl)c2)nc(-c2cccs2)nc1C(C)=N. The summed E-state index contributed by atoms with van der Waals surface area (Å²) in [6.07, 6.45) is 0. The number of methoxy groups -OCH3 is 1. The summed E-state index contributed by atoms with van der Waals surface area (Å²) in [7, 11) is 3.35. The Kier molecular flexibility index (Phi) is 5.39. The van der Waals surface area contributed by atoms with Crippen molar-refractivity contribution in [1.29, 1.82) is 5.41 Å². The fourth-order valence-corrected chi connectivity index (χ4v) is 3.37. The van der Waals surface area contributed by atoms with Crippen LogP contribution in [0.3, 0.4) is 0 Å². The molecule has 0 bridgehead atoms. The topological polar surface area (TPSA) is 82.9 Å². The Morgan fingerprint density at radius 1 is 1.27 bits per heavy atom. The number of thiophene rings is 1. The number of ether oxygens (including phenoxy) is 1. The van der Waals surface area contributed by atoms with Crippen molar-refractivity contribution in [2.45, 2.75) is 6.92 Å². The average Bonchev–Trinajstić information content (AvgIpc) is 3.16. The van der Waals surface area contributed by atoms with Gasteiger partial charge in [-0.1, -0.05) is 17.7 Å². The largest absolute Gasteiger partial charge is 0.495 e. The quantitative estimate of drug-likeness (QED) is 0.516. The zero-order valence-electron chi connectivity index (χ0n) is 14.6. The monoisotopic (exact) mass is 387 g/mol. The molecule has 26 heavy (non-hydrogen) atoms. The average molecular weight is 388 g/mol.